The van der Waals surface area contributed by atoms with Crippen LogP contribution < -0.4 is 35.2 Å². The van der Waals surface area contributed by atoms with Crippen molar-refractivity contribution in [2.75, 3.05) is 69.7 Å². The van der Waals surface area contributed by atoms with Crippen LogP contribution in [0.4, 0.5) is 27.5 Å². The van der Waals surface area contributed by atoms with Crippen molar-refractivity contribution in [3.05, 3.63) is 98.7 Å². The molecule has 3 aromatic carbocycles. The van der Waals surface area contributed by atoms with Crippen LogP contribution in [0.15, 0.2) is 64.6 Å². The number of aliphatic imine (C=N–C) groups is 1. The number of benzene rings is 3. The van der Waals surface area contributed by atoms with Crippen molar-refractivity contribution in [3.63, 3.8) is 0 Å². The number of hydrogen-bond acceptors (Lipinski definition) is 12. The van der Waals surface area contributed by atoms with E-state index in [-0.39, 0.29) is 35.4 Å². The Morgan fingerprint density at radius 3 is 2.32 bits per heavy atom. The van der Waals surface area contributed by atoms with Crippen LogP contribution in [0.25, 0.3) is 10.9 Å². The van der Waals surface area contributed by atoms with Crippen LogP contribution in [0.2, 0.25) is 0 Å². The van der Waals surface area contributed by atoms with Gasteiger partial charge in [0.1, 0.15) is 22.9 Å². The summed E-state index contributed by atoms with van der Waals surface area (Å²) >= 11 is 0. The van der Waals surface area contributed by atoms with Crippen LogP contribution in [0.3, 0.4) is 0 Å². The second-order valence-electron chi connectivity index (χ2n) is 13.5. The highest BCUT2D eigenvalue weighted by Gasteiger charge is 2.36. The van der Waals surface area contributed by atoms with Crippen molar-refractivity contribution in [2.24, 2.45) is 4.99 Å². The third-order valence-electron chi connectivity index (χ3n) is 10.1. The van der Waals surface area contributed by atoms with Gasteiger partial charge in [-0.3, -0.25) is 19.4 Å². The van der Waals surface area contributed by atoms with Gasteiger partial charge in [0.05, 0.1) is 44.9 Å². The molecule has 290 valence electrons. The molecule has 0 saturated carbocycles. The molecule has 0 aliphatic carbocycles. The summed E-state index contributed by atoms with van der Waals surface area (Å²) in [7, 11) is 4.63. The molecule has 0 bridgehead atoms. The number of carbonyl (C=O) groups is 2. The predicted molar refractivity (Wildman–Crippen MR) is 210 cm³/mol. The van der Waals surface area contributed by atoms with Crippen LogP contribution in [-0.2, 0) is 17.8 Å². The van der Waals surface area contributed by atoms with Crippen LogP contribution in [-0.4, -0.2) is 96.3 Å². The molecule has 7 rings (SSSR count). The van der Waals surface area contributed by atoms with Crippen molar-refractivity contribution >= 4 is 51.6 Å². The number of pyridine rings is 1. The van der Waals surface area contributed by atoms with E-state index in [4.69, 9.17) is 19.9 Å². The maximum atomic E-state index is 15.5. The number of hydrogen-bond donors (Lipinski definition) is 2. The highest BCUT2D eigenvalue weighted by molar-refractivity contribution is 6.54. The monoisotopic (exact) mass is 764 g/mol. The van der Waals surface area contributed by atoms with E-state index in [0.717, 1.165) is 17.2 Å². The van der Waals surface area contributed by atoms with Crippen molar-refractivity contribution in [1.29, 1.82) is 0 Å². The van der Waals surface area contributed by atoms with E-state index in [1.54, 1.807) is 35.9 Å². The number of piperazine rings is 1. The van der Waals surface area contributed by atoms with Crippen LogP contribution in [0.1, 0.15) is 39.5 Å². The number of methoxy groups -OCH3 is 3. The highest BCUT2D eigenvalue weighted by Crippen LogP contribution is 2.39. The first-order valence-electron chi connectivity index (χ1n) is 17.9. The molecular formula is C40H41FN8O7. The number of aromatic carboxylic acids is 1. The molecule has 3 N–H and O–H groups in total. The molecule has 2 aromatic heterocycles. The van der Waals surface area contributed by atoms with Crippen molar-refractivity contribution in [1.82, 2.24) is 19.4 Å². The lowest BCUT2D eigenvalue weighted by molar-refractivity contribution is -0.112. The zero-order chi connectivity index (χ0) is 39.8. The highest BCUT2D eigenvalue weighted by atomic mass is 19.1. The number of aryl methyl sites for hydroxylation is 2. The molecule has 2 aliphatic rings. The fourth-order valence-electron chi connectivity index (χ4n) is 7.22. The molecule has 0 spiro atoms. The summed E-state index contributed by atoms with van der Waals surface area (Å²) in [5.74, 6) is -0.524. The number of carboxylic acids is 1. The number of aromatic nitrogens is 3. The Labute approximate surface area is 321 Å². The average Bonchev–Trinajstić information content (AvgIpc) is 3.43. The van der Waals surface area contributed by atoms with Crippen LogP contribution in [0, 0.1) is 12.7 Å². The molecule has 16 heteroatoms. The average molecular weight is 765 g/mol. The molecule has 0 atom stereocenters. The second kappa shape index (κ2) is 15.3. The van der Waals surface area contributed by atoms with Gasteiger partial charge in [0.25, 0.3) is 11.9 Å². The van der Waals surface area contributed by atoms with Gasteiger partial charge in [0, 0.05) is 68.1 Å². The zero-order valence-corrected chi connectivity index (χ0v) is 31.6. The fraction of sp³-hybridized carbons (Fsp3) is 0.300. The van der Waals surface area contributed by atoms with E-state index in [1.807, 2.05) is 49.1 Å². The molecule has 5 aromatic rings. The summed E-state index contributed by atoms with van der Waals surface area (Å²) in [5, 5.41) is 9.51. The fourth-order valence-corrected chi connectivity index (χ4v) is 7.22. The number of fused-ring (bicyclic) bond motifs is 2. The maximum absolute atomic E-state index is 15.5. The Hall–Kier alpha value is -6.55. The van der Waals surface area contributed by atoms with Crippen molar-refractivity contribution < 1.29 is 33.3 Å². The number of carbonyl (C=O) groups excluding carboxylic acids is 1. The first kappa shape index (κ1) is 37.8. The molecule has 1 saturated heterocycles. The lowest BCUT2D eigenvalue weighted by Crippen LogP contribution is -2.51. The number of nitrogens with two attached hydrogens (primary N) is 1. The predicted octanol–water partition coefficient (Wildman–Crippen LogP) is 4.40. The van der Waals surface area contributed by atoms with Gasteiger partial charge in [-0.15, -0.1) is 0 Å². The Kier molecular flexibility index (Phi) is 10.3. The largest absolute Gasteiger partial charge is 0.493 e. The van der Waals surface area contributed by atoms with Gasteiger partial charge < -0.3 is 34.5 Å². The van der Waals surface area contributed by atoms with Gasteiger partial charge in [-0.2, -0.15) is 4.98 Å². The first-order chi connectivity index (χ1) is 26.9. The summed E-state index contributed by atoms with van der Waals surface area (Å²) < 4.78 is 33.6. The number of ether oxygens (including phenoxy) is 3. The number of halogens is 1. The van der Waals surface area contributed by atoms with Gasteiger partial charge in [0.2, 0.25) is 11.2 Å². The molecule has 56 heavy (non-hydrogen) atoms. The summed E-state index contributed by atoms with van der Waals surface area (Å²) in [5.41, 5.74) is 10.0. The van der Waals surface area contributed by atoms with Crippen LogP contribution in [0.5, 0.6) is 17.2 Å². The summed E-state index contributed by atoms with van der Waals surface area (Å²) in [6.45, 7) is 6.36. The summed E-state index contributed by atoms with van der Waals surface area (Å²) in [6.07, 6.45) is 3.26. The van der Waals surface area contributed by atoms with Crippen LogP contribution >= 0.6 is 0 Å². The third kappa shape index (κ3) is 6.94. The molecule has 15 nitrogen and oxygen atoms in total. The zero-order valence-electron chi connectivity index (χ0n) is 31.6. The molecule has 0 unspecified atom stereocenters. The minimum absolute atomic E-state index is 0.0187. The van der Waals surface area contributed by atoms with Gasteiger partial charge in [-0.25, -0.2) is 19.2 Å². The number of nitrogen functional groups attached to an aromatic ring is 1. The normalized spacial score (nSPS) is 15.1. The number of carboxylic acid groups (broad SMARTS) is 1. The minimum Gasteiger partial charge on any atom is -0.493 e. The quantitative estimate of drug-likeness (QED) is 0.194. The molecular weight excluding hydrogens is 723 g/mol. The van der Waals surface area contributed by atoms with E-state index >= 15 is 4.39 Å². The van der Waals surface area contributed by atoms with Crippen molar-refractivity contribution in [3.8, 4) is 17.2 Å². The number of anilines is 3. The van der Waals surface area contributed by atoms with E-state index in [0.29, 0.717) is 84.4 Å². The number of nitrogens with zero attached hydrogens (tertiary/aromatic N) is 7. The Balaban J connectivity index is 1.09. The molecule has 1 amide bonds. The topological polar surface area (TPSA) is 178 Å². The van der Waals surface area contributed by atoms with E-state index < -0.39 is 22.8 Å². The molecule has 4 heterocycles. The third-order valence-corrected chi connectivity index (χ3v) is 10.1. The first-order valence-corrected chi connectivity index (χ1v) is 17.9. The van der Waals surface area contributed by atoms with Gasteiger partial charge in [-0.05, 0) is 55.8 Å². The SMILES string of the molecule is CCn1cc(C(=O)O)c(=O)c2cc(F)c(N3CCN(CN4C(=O)/C(=N\c5ncc(Cc6cc(OC)c(OC)c(OC)c6)c(N)n5)c5cc(C)ccc54)CC3)cc21. The smallest absolute Gasteiger partial charge is 0.341 e. The molecule has 1 fully saturated rings. The van der Waals surface area contributed by atoms with Gasteiger partial charge in [0.15, 0.2) is 11.5 Å². The lowest BCUT2D eigenvalue weighted by Gasteiger charge is -2.38. The second-order valence-corrected chi connectivity index (χ2v) is 13.5. The maximum Gasteiger partial charge on any atom is 0.341 e. The number of rotatable bonds is 11. The van der Waals surface area contributed by atoms with E-state index in [2.05, 4.69) is 19.9 Å². The summed E-state index contributed by atoms with van der Waals surface area (Å²) in [4.78, 5) is 57.7. The lowest BCUT2D eigenvalue weighted by atomic mass is 10.1. The number of amides is 1. The van der Waals surface area contributed by atoms with Gasteiger partial charge >= 0.3 is 5.97 Å². The van der Waals surface area contributed by atoms with E-state index in [9.17, 15) is 19.5 Å². The molecule has 2 aliphatic heterocycles. The van der Waals surface area contributed by atoms with E-state index in [1.165, 1.54) is 13.3 Å². The minimum atomic E-state index is -1.36. The Morgan fingerprint density at radius 2 is 1.70 bits per heavy atom. The standard InChI is InChI=1S/C40H41FN8O7/c1-6-47-20-27(39(52)53)35(50)26-17-28(41)31(18-30(26)47)48-11-9-46(10-12-48)21-49-29-8-7-22(2)13-25(29)34(38(49)51)44-40-43-19-24(37(42)45-40)14-23-15-32(54-3)36(56-5)33(16-23)55-4/h7-8,13,15-20H,6,9-12,14,21H2,1-5H3,(H,52,53)(H2,42,43,45)/b44-34-. The van der Waals surface area contributed by atoms with Gasteiger partial charge in [-0.1, -0.05) is 11.6 Å². The van der Waals surface area contributed by atoms with Crippen molar-refractivity contribution in [2.45, 2.75) is 26.8 Å². The summed E-state index contributed by atoms with van der Waals surface area (Å²) in [6, 6.07) is 12.1. The Bertz CT molecular complexity index is 2450. The Morgan fingerprint density at radius 1 is 0.982 bits per heavy atom. The molecule has 0 radical (unpaired) electrons.